The summed E-state index contributed by atoms with van der Waals surface area (Å²) >= 11 is 0. The van der Waals surface area contributed by atoms with E-state index in [1.165, 1.54) is 38.0 Å². The molecule has 0 radical (unpaired) electrons. The molecule has 8 heterocycles. The lowest BCUT2D eigenvalue weighted by atomic mass is 9.90. The molecule has 2 N–H and O–H groups in total. The van der Waals surface area contributed by atoms with Crippen LogP contribution >= 0.6 is 10.7 Å². The Hall–Kier alpha value is -2.69. The number of nitrogens with zero attached hydrogens (tertiary/aromatic N) is 5. The van der Waals surface area contributed by atoms with Gasteiger partial charge in [-0.25, -0.2) is 52.2 Å². The van der Waals surface area contributed by atoms with Gasteiger partial charge < -0.3 is 14.7 Å². The third kappa shape index (κ3) is 12.0. The van der Waals surface area contributed by atoms with Crippen LogP contribution in [0.1, 0.15) is 88.2 Å². The quantitative estimate of drug-likeness (QED) is 0.237. The molecule has 0 aromatic carbocycles. The number of fused-ring (bicyclic) bond motifs is 2. The van der Waals surface area contributed by atoms with Crippen molar-refractivity contribution >= 4 is 71.9 Å². The molecular weight excluding hydrogens is 862 g/mol. The molecule has 5 aliphatic rings. The zero-order valence-electron chi connectivity index (χ0n) is 32.9. The van der Waals surface area contributed by atoms with Crippen LogP contribution in [0.2, 0.25) is 0 Å². The van der Waals surface area contributed by atoms with E-state index >= 15 is 0 Å². The van der Waals surface area contributed by atoms with E-state index in [-0.39, 0.29) is 25.8 Å². The molecule has 16 nitrogen and oxygen atoms in total. The number of H-pyrrole nitrogens is 2. The highest BCUT2D eigenvalue weighted by atomic mass is 35.7. The summed E-state index contributed by atoms with van der Waals surface area (Å²) in [6.45, 7) is 4.36. The van der Waals surface area contributed by atoms with Gasteiger partial charge in [0, 0.05) is 98.7 Å². The highest BCUT2D eigenvalue weighted by Gasteiger charge is 2.45. The van der Waals surface area contributed by atoms with E-state index in [0.717, 1.165) is 87.4 Å². The van der Waals surface area contributed by atoms with Gasteiger partial charge in [0.15, 0.2) is 0 Å². The number of sulfonamides is 3. The van der Waals surface area contributed by atoms with Crippen molar-refractivity contribution in [1.29, 1.82) is 0 Å². The Balaban J connectivity index is 0.000000181. The number of ether oxygens (including phenoxy) is 1. The first-order valence-corrected chi connectivity index (χ1v) is 27.2. The predicted octanol–water partition coefficient (Wildman–Crippen LogP) is 4.96. The average molecular weight is 921 g/mol. The van der Waals surface area contributed by atoms with Gasteiger partial charge in [0.2, 0.25) is 39.1 Å². The Bertz CT molecular complexity index is 2420. The van der Waals surface area contributed by atoms with Crippen LogP contribution in [-0.2, 0) is 43.9 Å². The SMILES string of the molecule is C.C1CCOC1.CS(=O)(=O)Cl.CS(=O)(=O)N1CC(S(=O)(=O)N2CCC(c3c[nH]c4ncccc34)CC2)C1.O=S(=O)(C1CCC1)N1CCC(c2c[nH]c3ncccc23)CC1. The first-order chi connectivity index (χ1) is 27.4. The molecular formula is C38H58ClN7O9S4. The number of pyridine rings is 2. The van der Waals surface area contributed by atoms with Gasteiger partial charge in [-0.1, -0.05) is 13.8 Å². The van der Waals surface area contributed by atoms with E-state index in [0.29, 0.717) is 38.0 Å². The fourth-order valence-electron chi connectivity index (χ4n) is 7.93. The van der Waals surface area contributed by atoms with Gasteiger partial charge in [0.05, 0.1) is 17.8 Å². The molecule has 4 aromatic rings. The fourth-order valence-corrected chi connectivity index (χ4v) is 13.0. The normalized spacial score (nSPS) is 20.9. The van der Waals surface area contributed by atoms with Crippen LogP contribution in [0, 0.1) is 0 Å². The molecule has 4 aliphatic heterocycles. The molecule has 4 saturated heterocycles. The van der Waals surface area contributed by atoms with Crippen molar-refractivity contribution in [2.24, 2.45) is 0 Å². The summed E-state index contributed by atoms with van der Waals surface area (Å²) in [7, 11) is -8.49. The van der Waals surface area contributed by atoms with E-state index < -0.39 is 44.4 Å². The van der Waals surface area contributed by atoms with Gasteiger partial charge in [-0.3, -0.25) is 0 Å². The molecule has 0 atom stereocenters. The Labute approximate surface area is 354 Å². The van der Waals surface area contributed by atoms with Crippen LogP contribution in [0.5, 0.6) is 0 Å². The minimum atomic E-state index is -3.45. The summed E-state index contributed by atoms with van der Waals surface area (Å²) < 4.78 is 102. The summed E-state index contributed by atoms with van der Waals surface area (Å²) in [5, 5.41) is 1.53. The molecule has 1 aliphatic carbocycles. The first-order valence-electron chi connectivity index (χ1n) is 19.7. The van der Waals surface area contributed by atoms with E-state index in [2.05, 4.69) is 36.7 Å². The Morgan fingerprint density at radius 2 is 1.03 bits per heavy atom. The molecule has 0 spiro atoms. The number of piperidine rings is 2. The van der Waals surface area contributed by atoms with Crippen molar-refractivity contribution in [1.82, 2.24) is 32.9 Å². The minimum absolute atomic E-state index is 0. The lowest BCUT2D eigenvalue weighted by molar-refractivity contribution is 0.198. The zero-order valence-corrected chi connectivity index (χ0v) is 36.9. The second kappa shape index (κ2) is 20.0. The van der Waals surface area contributed by atoms with Crippen molar-refractivity contribution in [3.63, 3.8) is 0 Å². The lowest BCUT2D eigenvalue weighted by Crippen LogP contribution is -2.60. The molecule has 59 heavy (non-hydrogen) atoms. The zero-order chi connectivity index (χ0) is 41.7. The number of rotatable bonds is 7. The molecule has 1 saturated carbocycles. The number of hydrogen-bond donors (Lipinski definition) is 2. The van der Waals surface area contributed by atoms with Crippen molar-refractivity contribution < 1.29 is 38.4 Å². The van der Waals surface area contributed by atoms with Crippen molar-refractivity contribution in [2.45, 2.75) is 87.5 Å². The van der Waals surface area contributed by atoms with E-state index in [1.807, 2.05) is 30.6 Å². The van der Waals surface area contributed by atoms with Gasteiger partial charge in [-0.15, -0.1) is 0 Å². The second-order valence-electron chi connectivity index (χ2n) is 15.5. The maximum absolute atomic E-state index is 12.7. The number of aromatic nitrogens is 4. The maximum atomic E-state index is 12.7. The van der Waals surface area contributed by atoms with Gasteiger partial charge in [0.1, 0.15) is 16.5 Å². The summed E-state index contributed by atoms with van der Waals surface area (Å²) in [4.78, 5) is 15.0. The maximum Gasteiger partial charge on any atom is 0.229 e. The van der Waals surface area contributed by atoms with E-state index in [9.17, 15) is 33.7 Å². The van der Waals surface area contributed by atoms with E-state index in [1.54, 1.807) is 16.7 Å². The molecule has 0 bridgehead atoms. The van der Waals surface area contributed by atoms with Gasteiger partial charge in [-0.2, -0.15) is 4.31 Å². The highest BCUT2D eigenvalue weighted by molar-refractivity contribution is 8.13. The number of nitrogens with one attached hydrogen (secondary N) is 2. The minimum Gasteiger partial charge on any atom is -0.381 e. The van der Waals surface area contributed by atoms with Crippen LogP contribution in [0.15, 0.2) is 49.1 Å². The predicted molar refractivity (Wildman–Crippen MR) is 232 cm³/mol. The standard InChI is InChI=1S/C16H22N4O4S2.C16H21N3O2S.C4H8O.CH3ClO2S.CH4/c1-25(21,22)20-10-13(11-20)26(23,24)19-7-4-12(5-8-19)15-9-18-16-14(15)3-2-6-17-16;20-22(21,13-3-1-4-13)19-9-6-12(7-10-19)15-11-18-16-14(15)5-2-8-17-16;1-2-4-5-3-1;1-5(2,3)4;/h2-3,6,9,12-13H,4-5,7-8,10-11H2,1H3,(H,17,18);2,5,8,11-13H,1,3-4,6-7,9-10H2,(H,17,18);1-4H2;1H3;1H4. The Morgan fingerprint density at radius 3 is 1.37 bits per heavy atom. The monoisotopic (exact) mass is 919 g/mol. The van der Waals surface area contributed by atoms with Crippen molar-refractivity contribution in [2.75, 3.05) is 65.0 Å². The van der Waals surface area contributed by atoms with Crippen LogP contribution in [-0.4, -0.2) is 142 Å². The van der Waals surface area contributed by atoms with Gasteiger partial charge in [-0.05, 0) is 98.6 Å². The summed E-state index contributed by atoms with van der Waals surface area (Å²) in [6.07, 6.45) is 18.2. The first kappa shape index (κ1) is 47.4. The average Bonchev–Trinajstić information content (AvgIpc) is 3.92. The molecule has 0 amide bonds. The summed E-state index contributed by atoms with van der Waals surface area (Å²) in [5.41, 5.74) is 4.25. The summed E-state index contributed by atoms with van der Waals surface area (Å²) in [5.74, 6) is 0.721. The smallest absolute Gasteiger partial charge is 0.229 e. The third-order valence-corrected chi connectivity index (χ3v) is 17.3. The van der Waals surface area contributed by atoms with Crippen molar-refractivity contribution in [3.05, 3.63) is 60.2 Å². The molecule has 21 heteroatoms. The largest absolute Gasteiger partial charge is 0.381 e. The van der Waals surface area contributed by atoms with Crippen LogP contribution in [0.3, 0.4) is 0 Å². The molecule has 330 valence electrons. The van der Waals surface area contributed by atoms with Crippen molar-refractivity contribution in [3.8, 4) is 0 Å². The van der Waals surface area contributed by atoms with Crippen LogP contribution in [0.4, 0.5) is 0 Å². The number of hydrogen-bond acceptors (Lipinski definition) is 11. The Kier molecular flexibility index (Phi) is 16.1. The van der Waals surface area contributed by atoms with E-state index in [4.69, 9.17) is 4.74 Å². The number of halogens is 1. The second-order valence-corrected chi connectivity index (χ2v) is 24.9. The fraction of sp³-hybridized carbons (Fsp3) is 0.632. The van der Waals surface area contributed by atoms with Gasteiger partial charge >= 0.3 is 0 Å². The Morgan fingerprint density at radius 1 is 0.627 bits per heavy atom. The third-order valence-electron chi connectivity index (χ3n) is 11.5. The summed E-state index contributed by atoms with van der Waals surface area (Å²) in [6, 6.07) is 7.98. The highest BCUT2D eigenvalue weighted by Crippen LogP contribution is 2.37. The molecule has 4 aromatic heterocycles. The van der Waals surface area contributed by atoms with Crippen LogP contribution in [0.25, 0.3) is 22.1 Å². The lowest BCUT2D eigenvalue weighted by Gasteiger charge is -2.41. The topological polar surface area (TPSA) is 213 Å². The van der Waals surface area contributed by atoms with Gasteiger partial charge in [0.25, 0.3) is 0 Å². The molecule has 0 unspecified atom stereocenters. The molecule has 9 rings (SSSR count). The van der Waals surface area contributed by atoms with Crippen LogP contribution < -0.4 is 0 Å². The number of aromatic amines is 2. The molecule has 5 fully saturated rings.